The van der Waals surface area contributed by atoms with E-state index in [4.69, 9.17) is 5.14 Å². The Kier molecular flexibility index (Phi) is 3.88. The van der Waals surface area contributed by atoms with Crippen molar-refractivity contribution in [3.63, 3.8) is 0 Å². The lowest BCUT2D eigenvalue weighted by Crippen LogP contribution is -2.22. The Morgan fingerprint density at radius 2 is 2.00 bits per heavy atom. The van der Waals surface area contributed by atoms with Gasteiger partial charge in [0.25, 0.3) is 0 Å². The van der Waals surface area contributed by atoms with E-state index in [1.807, 2.05) is 0 Å². The first-order valence-electron chi connectivity index (χ1n) is 3.96. The van der Waals surface area contributed by atoms with Crippen LogP contribution in [0.1, 0.15) is 5.69 Å². The van der Waals surface area contributed by atoms with Gasteiger partial charge in [0.15, 0.2) is 5.75 Å². The van der Waals surface area contributed by atoms with Crippen molar-refractivity contribution in [1.29, 1.82) is 0 Å². The van der Waals surface area contributed by atoms with Gasteiger partial charge in [-0.1, -0.05) is 0 Å². The van der Waals surface area contributed by atoms with Gasteiger partial charge >= 0.3 is 6.36 Å². The number of nitrogens with two attached hydrogens (primary N) is 1. The Balaban J connectivity index is 3.47. The number of ether oxygens (including phenoxy) is 1. The Morgan fingerprint density at radius 1 is 1.47 bits per heavy atom. The van der Waals surface area contributed by atoms with Gasteiger partial charge in [-0.15, -0.1) is 13.2 Å². The Labute approximate surface area is 108 Å². The molecule has 0 radical (unpaired) electrons. The van der Waals surface area contributed by atoms with E-state index >= 15 is 0 Å². The van der Waals surface area contributed by atoms with Crippen molar-refractivity contribution >= 4 is 32.6 Å². The summed E-state index contributed by atoms with van der Waals surface area (Å²) in [6.45, 7) is 1.23. The highest BCUT2D eigenvalue weighted by Crippen LogP contribution is 2.31. The molecular weight excluding hydrogens is 376 g/mol. The van der Waals surface area contributed by atoms with E-state index in [9.17, 15) is 21.6 Å². The van der Waals surface area contributed by atoms with E-state index in [1.165, 1.54) is 6.92 Å². The van der Waals surface area contributed by atoms with Gasteiger partial charge in [-0.05, 0) is 29.5 Å². The second-order valence-electron chi connectivity index (χ2n) is 2.95. The molecule has 0 saturated carbocycles. The molecule has 0 spiro atoms. The summed E-state index contributed by atoms with van der Waals surface area (Å²) in [5.74, 6) is -0.878. The van der Waals surface area contributed by atoms with E-state index in [-0.39, 0.29) is 9.39 Å². The SMILES string of the molecule is Cc1nc(I)cc(OC(F)(F)F)c1S(N)(=O)=O. The standard InChI is InChI=1S/C7H6F3IN2O3S/c1-3-6(17(12,14)15)4(2-5(11)13-3)16-7(8,9)10/h2H,1H3,(H2,12,14,15). The van der Waals surface area contributed by atoms with Gasteiger partial charge in [-0.25, -0.2) is 18.5 Å². The monoisotopic (exact) mass is 382 g/mol. The molecular formula is C7H6F3IN2O3S. The number of rotatable bonds is 2. The summed E-state index contributed by atoms with van der Waals surface area (Å²) in [7, 11) is -4.34. The number of primary sulfonamides is 1. The molecule has 0 aliphatic carbocycles. The van der Waals surface area contributed by atoms with Crippen LogP contribution < -0.4 is 9.88 Å². The quantitative estimate of drug-likeness (QED) is 0.622. The average molecular weight is 382 g/mol. The zero-order chi connectivity index (χ0) is 13.4. The highest BCUT2D eigenvalue weighted by atomic mass is 127. The third-order valence-corrected chi connectivity index (χ3v) is 3.21. The predicted octanol–water partition coefficient (Wildman–Crippen LogP) is 1.54. The lowest BCUT2D eigenvalue weighted by Gasteiger charge is -2.13. The van der Waals surface area contributed by atoms with Crippen molar-refractivity contribution in [2.75, 3.05) is 0 Å². The minimum absolute atomic E-state index is 0.154. The molecule has 1 heterocycles. The fourth-order valence-electron chi connectivity index (χ4n) is 1.14. The fourth-order valence-corrected chi connectivity index (χ4v) is 2.62. The van der Waals surface area contributed by atoms with Crippen LogP contribution >= 0.6 is 22.6 Å². The van der Waals surface area contributed by atoms with Gasteiger partial charge in [0.1, 0.15) is 8.60 Å². The number of hydrogen-bond acceptors (Lipinski definition) is 4. The smallest absolute Gasteiger partial charge is 0.404 e. The first-order chi connectivity index (χ1) is 7.50. The lowest BCUT2D eigenvalue weighted by molar-refractivity contribution is -0.275. The van der Waals surface area contributed by atoms with Crippen molar-refractivity contribution < 1.29 is 26.3 Å². The minimum atomic E-state index is -5.00. The van der Waals surface area contributed by atoms with Crippen molar-refractivity contribution in [1.82, 2.24) is 4.98 Å². The number of halogens is 4. The molecule has 0 aliphatic heterocycles. The molecule has 1 aromatic rings. The van der Waals surface area contributed by atoms with Gasteiger partial charge in [-0.2, -0.15) is 0 Å². The van der Waals surface area contributed by atoms with Crippen LogP contribution in [0.15, 0.2) is 11.0 Å². The van der Waals surface area contributed by atoms with Crippen molar-refractivity contribution in [3.8, 4) is 5.75 Å². The first kappa shape index (κ1) is 14.4. The van der Waals surface area contributed by atoms with Crippen LogP contribution in [0.5, 0.6) is 5.75 Å². The number of alkyl halides is 3. The normalized spacial score (nSPS) is 12.6. The summed E-state index contributed by atoms with van der Waals surface area (Å²) >= 11 is 1.63. The van der Waals surface area contributed by atoms with Crippen molar-refractivity contribution in [3.05, 3.63) is 15.5 Å². The zero-order valence-corrected chi connectivity index (χ0v) is 11.2. The fraction of sp³-hybridized carbons (Fsp3) is 0.286. The van der Waals surface area contributed by atoms with E-state index in [2.05, 4.69) is 9.72 Å². The largest absolute Gasteiger partial charge is 0.573 e. The van der Waals surface area contributed by atoms with E-state index < -0.39 is 27.0 Å². The van der Waals surface area contributed by atoms with Crippen LogP contribution in [-0.2, 0) is 10.0 Å². The summed E-state index contributed by atoms with van der Waals surface area (Å²) in [6.07, 6.45) is -5.00. The molecule has 0 saturated heterocycles. The van der Waals surface area contributed by atoms with Crippen LogP contribution in [0.25, 0.3) is 0 Å². The molecule has 0 aromatic carbocycles. The molecule has 0 fully saturated rings. The first-order valence-corrected chi connectivity index (χ1v) is 6.59. The number of nitrogens with zero attached hydrogens (tertiary/aromatic N) is 1. The van der Waals surface area contributed by atoms with Crippen LogP contribution in [0.3, 0.4) is 0 Å². The average Bonchev–Trinajstić information content (AvgIpc) is 1.94. The molecule has 1 aromatic heterocycles. The third-order valence-electron chi connectivity index (χ3n) is 1.59. The predicted molar refractivity (Wildman–Crippen MR) is 59.7 cm³/mol. The van der Waals surface area contributed by atoms with E-state index in [0.717, 1.165) is 6.07 Å². The highest BCUT2D eigenvalue weighted by molar-refractivity contribution is 14.1. The highest BCUT2D eigenvalue weighted by Gasteiger charge is 2.34. The number of aromatic nitrogens is 1. The van der Waals surface area contributed by atoms with E-state index in [1.54, 1.807) is 22.6 Å². The number of hydrogen-bond donors (Lipinski definition) is 1. The van der Waals surface area contributed by atoms with Crippen molar-refractivity contribution in [2.45, 2.75) is 18.2 Å². The molecule has 0 aliphatic rings. The molecule has 5 nitrogen and oxygen atoms in total. The molecule has 2 N–H and O–H groups in total. The summed E-state index contributed by atoms with van der Waals surface area (Å²) < 4.78 is 62.4. The van der Waals surface area contributed by atoms with Crippen LogP contribution in [0.4, 0.5) is 13.2 Å². The zero-order valence-electron chi connectivity index (χ0n) is 8.25. The maximum absolute atomic E-state index is 12.1. The van der Waals surface area contributed by atoms with Crippen molar-refractivity contribution in [2.24, 2.45) is 5.14 Å². The maximum Gasteiger partial charge on any atom is 0.573 e. The molecule has 0 bridgehead atoms. The number of aryl methyl sites for hydroxylation is 1. The molecule has 1 rings (SSSR count). The second-order valence-corrected chi connectivity index (χ2v) is 5.55. The summed E-state index contributed by atoms with van der Waals surface area (Å²) in [6, 6.07) is 0.848. The molecule has 0 unspecified atom stereocenters. The van der Waals surface area contributed by atoms with Gasteiger partial charge in [0, 0.05) is 6.07 Å². The second kappa shape index (κ2) is 4.57. The molecule has 10 heteroatoms. The van der Waals surface area contributed by atoms with Gasteiger partial charge < -0.3 is 4.74 Å². The summed E-state index contributed by atoms with van der Waals surface area (Å²) in [4.78, 5) is 2.94. The van der Waals surface area contributed by atoms with Crippen LogP contribution in [0, 0.1) is 10.6 Å². The van der Waals surface area contributed by atoms with Gasteiger partial charge in [0.2, 0.25) is 10.0 Å². The number of pyridine rings is 1. The summed E-state index contributed by atoms with van der Waals surface area (Å²) in [5, 5.41) is 4.81. The van der Waals surface area contributed by atoms with E-state index in [0.29, 0.717) is 0 Å². The molecule has 96 valence electrons. The molecule has 0 atom stereocenters. The summed E-state index contributed by atoms with van der Waals surface area (Å²) in [5.41, 5.74) is -0.154. The Hall–Kier alpha value is -0.620. The minimum Gasteiger partial charge on any atom is -0.404 e. The number of sulfonamides is 1. The third kappa shape index (κ3) is 3.96. The van der Waals surface area contributed by atoms with Gasteiger partial charge in [-0.3, -0.25) is 0 Å². The molecule has 17 heavy (non-hydrogen) atoms. The van der Waals surface area contributed by atoms with Crippen LogP contribution in [0.2, 0.25) is 0 Å². The maximum atomic E-state index is 12.1. The van der Waals surface area contributed by atoms with Gasteiger partial charge in [0.05, 0.1) is 5.69 Å². The Morgan fingerprint density at radius 3 is 2.41 bits per heavy atom. The topological polar surface area (TPSA) is 82.3 Å². The molecule has 0 amide bonds. The Bertz CT molecular complexity index is 544. The lowest BCUT2D eigenvalue weighted by atomic mass is 10.3. The van der Waals surface area contributed by atoms with Crippen LogP contribution in [-0.4, -0.2) is 19.8 Å².